The van der Waals surface area contributed by atoms with Gasteiger partial charge in [-0.2, -0.15) is 0 Å². The molecule has 106 valence electrons. The average Bonchev–Trinajstić information content (AvgIpc) is 2.41. The van der Waals surface area contributed by atoms with Crippen LogP contribution in [-0.4, -0.2) is 18.0 Å². The predicted molar refractivity (Wildman–Crippen MR) is 83.0 cm³/mol. The molecule has 0 spiro atoms. The number of carbonyl (C=O) groups excluding carboxylic acids is 1. The zero-order valence-corrected chi connectivity index (χ0v) is 13.5. The van der Waals surface area contributed by atoms with Crippen molar-refractivity contribution in [3.8, 4) is 0 Å². The third kappa shape index (κ3) is 5.74. The first-order chi connectivity index (χ1) is 9.06. The maximum atomic E-state index is 12.0. The van der Waals surface area contributed by atoms with E-state index in [-0.39, 0.29) is 18.0 Å². The Balaban J connectivity index is 2.42. The fourth-order valence-corrected chi connectivity index (χ4v) is 2.28. The van der Waals surface area contributed by atoms with Crippen LogP contribution < -0.4 is 10.6 Å². The monoisotopic (exact) mass is 326 g/mol. The van der Waals surface area contributed by atoms with Gasteiger partial charge in [0.25, 0.3) is 0 Å². The van der Waals surface area contributed by atoms with Crippen LogP contribution in [0, 0.1) is 0 Å². The Bertz CT molecular complexity index is 405. The van der Waals surface area contributed by atoms with Gasteiger partial charge >= 0.3 is 0 Å². The Kier molecular flexibility index (Phi) is 7.10. The van der Waals surface area contributed by atoms with E-state index in [4.69, 9.17) is 0 Å². The molecule has 0 aromatic heterocycles. The summed E-state index contributed by atoms with van der Waals surface area (Å²) in [5.41, 5.74) is 1.16. The minimum absolute atomic E-state index is 0.0729. The number of amides is 1. The van der Waals surface area contributed by atoms with Gasteiger partial charge in [0.05, 0.1) is 6.04 Å². The van der Waals surface area contributed by atoms with Crippen molar-refractivity contribution in [1.82, 2.24) is 10.6 Å². The van der Waals surface area contributed by atoms with Crippen molar-refractivity contribution in [2.24, 2.45) is 0 Å². The Morgan fingerprint density at radius 3 is 2.58 bits per heavy atom. The first-order valence-corrected chi connectivity index (χ1v) is 7.64. The molecule has 0 radical (unpaired) electrons. The van der Waals surface area contributed by atoms with E-state index in [1.165, 1.54) is 0 Å². The molecule has 3 nitrogen and oxygen atoms in total. The highest BCUT2D eigenvalue weighted by atomic mass is 79.9. The van der Waals surface area contributed by atoms with Gasteiger partial charge < -0.3 is 10.6 Å². The van der Waals surface area contributed by atoms with Crippen molar-refractivity contribution >= 4 is 21.8 Å². The maximum Gasteiger partial charge on any atom is 0.237 e. The molecule has 0 fully saturated rings. The van der Waals surface area contributed by atoms with Gasteiger partial charge in [0.15, 0.2) is 0 Å². The molecule has 1 aromatic rings. The largest absolute Gasteiger partial charge is 0.352 e. The Morgan fingerprint density at radius 1 is 1.32 bits per heavy atom. The van der Waals surface area contributed by atoms with Gasteiger partial charge in [0.1, 0.15) is 0 Å². The van der Waals surface area contributed by atoms with Crippen molar-refractivity contribution < 1.29 is 4.79 Å². The van der Waals surface area contributed by atoms with Gasteiger partial charge in [-0.3, -0.25) is 4.79 Å². The molecular weight excluding hydrogens is 304 g/mol. The summed E-state index contributed by atoms with van der Waals surface area (Å²) in [6.07, 6.45) is 1.95. The van der Waals surface area contributed by atoms with Crippen LogP contribution in [0.5, 0.6) is 0 Å². The summed E-state index contributed by atoms with van der Waals surface area (Å²) in [5.74, 6) is 0.0729. The summed E-state index contributed by atoms with van der Waals surface area (Å²) in [5, 5.41) is 6.30. The second-order valence-electron chi connectivity index (χ2n) is 4.75. The summed E-state index contributed by atoms with van der Waals surface area (Å²) < 4.78 is 1.06. The van der Waals surface area contributed by atoms with Gasteiger partial charge in [-0.25, -0.2) is 0 Å². The lowest BCUT2D eigenvalue weighted by Gasteiger charge is -2.19. The molecule has 1 rings (SSSR count). The molecule has 19 heavy (non-hydrogen) atoms. The third-order valence-electron chi connectivity index (χ3n) is 3.23. The SMILES string of the molecule is CCC(CC)NC(=O)C(C)NCc1cccc(Br)c1. The molecule has 1 unspecified atom stereocenters. The summed E-state index contributed by atoms with van der Waals surface area (Å²) >= 11 is 3.44. The normalized spacial score (nSPS) is 12.5. The molecule has 4 heteroatoms. The molecule has 0 saturated heterocycles. The topological polar surface area (TPSA) is 41.1 Å². The summed E-state index contributed by atoms with van der Waals surface area (Å²) in [7, 11) is 0. The first kappa shape index (κ1) is 16.2. The number of benzene rings is 1. The summed E-state index contributed by atoms with van der Waals surface area (Å²) in [6, 6.07) is 8.19. The summed E-state index contributed by atoms with van der Waals surface area (Å²) in [4.78, 5) is 12.0. The van der Waals surface area contributed by atoms with Crippen LogP contribution in [0.4, 0.5) is 0 Å². The lowest BCUT2D eigenvalue weighted by Crippen LogP contribution is -2.45. The second kappa shape index (κ2) is 8.33. The molecule has 0 aliphatic heterocycles. The molecule has 0 saturated carbocycles. The van der Waals surface area contributed by atoms with Crippen LogP contribution >= 0.6 is 15.9 Å². The highest BCUT2D eigenvalue weighted by Crippen LogP contribution is 2.11. The number of carbonyl (C=O) groups is 1. The quantitative estimate of drug-likeness (QED) is 0.807. The minimum atomic E-state index is -0.181. The lowest BCUT2D eigenvalue weighted by atomic mass is 10.1. The van der Waals surface area contributed by atoms with Crippen molar-refractivity contribution in [3.63, 3.8) is 0 Å². The van der Waals surface area contributed by atoms with Gasteiger partial charge in [-0.05, 0) is 37.5 Å². The minimum Gasteiger partial charge on any atom is -0.352 e. The number of hydrogen-bond donors (Lipinski definition) is 2. The summed E-state index contributed by atoms with van der Waals surface area (Å²) in [6.45, 7) is 6.77. The van der Waals surface area contributed by atoms with E-state index in [0.717, 1.165) is 22.9 Å². The van der Waals surface area contributed by atoms with Crippen LogP contribution in [-0.2, 0) is 11.3 Å². The van der Waals surface area contributed by atoms with Gasteiger partial charge in [-0.1, -0.05) is 41.9 Å². The van der Waals surface area contributed by atoms with E-state index in [1.54, 1.807) is 0 Å². The second-order valence-corrected chi connectivity index (χ2v) is 5.67. The lowest BCUT2D eigenvalue weighted by molar-refractivity contribution is -0.123. The molecule has 1 aromatic carbocycles. The molecule has 1 amide bonds. The van der Waals surface area contributed by atoms with Gasteiger partial charge in [-0.15, -0.1) is 0 Å². The van der Waals surface area contributed by atoms with Crippen LogP contribution in [0.2, 0.25) is 0 Å². The van der Waals surface area contributed by atoms with Crippen molar-refractivity contribution in [1.29, 1.82) is 0 Å². The van der Waals surface area contributed by atoms with E-state index in [1.807, 2.05) is 25.1 Å². The van der Waals surface area contributed by atoms with Gasteiger partial charge in [0.2, 0.25) is 5.91 Å². The average molecular weight is 327 g/mol. The fourth-order valence-electron chi connectivity index (χ4n) is 1.83. The first-order valence-electron chi connectivity index (χ1n) is 6.85. The van der Waals surface area contributed by atoms with Crippen molar-refractivity contribution in [2.75, 3.05) is 0 Å². The van der Waals surface area contributed by atoms with E-state index < -0.39 is 0 Å². The molecule has 0 aliphatic carbocycles. The van der Waals surface area contributed by atoms with E-state index in [2.05, 4.69) is 46.5 Å². The number of hydrogen-bond acceptors (Lipinski definition) is 2. The Morgan fingerprint density at radius 2 is 2.00 bits per heavy atom. The number of rotatable bonds is 7. The van der Waals surface area contributed by atoms with Crippen LogP contribution in [0.15, 0.2) is 28.7 Å². The van der Waals surface area contributed by atoms with Crippen molar-refractivity contribution in [2.45, 2.75) is 52.2 Å². The molecular formula is C15H23BrN2O. The van der Waals surface area contributed by atoms with Crippen LogP contribution in [0.3, 0.4) is 0 Å². The van der Waals surface area contributed by atoms with Gasteiger partial charge in [0, 0.05) is 17.1 Å². The highest BCUT2D eigenvalue weighted by Gasteiger charge is 2.15. The predicted octanol–water partition coefficient (Wildman–Crippen LogP) is 3.23. The van der Waals surface area contributed by atoms with E-state index in [9.17, 15) is 4.79 Å². The van der Waals surface area contributed by atoms with E-state index >= 15 is 0 Å². The smallest absolute Gasteiger partial charge is 0.237 e. The van der Waals surface area contributed by atoms with Crippen LogP contribution in [0.1, 0.15) is 39.2 Å². The zero-order valence-electron chi connectivity index (χ0n) is 11.9. The van der Waals surface area contributed by atoms with Crippen LogP contribution in [0.25, 0.3) is 0 Å². The molecule has 1 atom stereocenters. The number of halogens is 1. The molecule has 2 N–H and O–H groups in total. The third-order valence-corrected chi connectivity index (χ3v) is 3.72. The van der Waals surface area contributed by atoms with E-state index in [0.29, 0.717) is 6.54 Å². The van der Waals surface area contributed by atoms with Crippen molar-refractivity contribution in [3.05, 3.63) is 34.3 Å². The number of nitrogens with one attached hydrogen (secondary N) is 2. The Labute approximate surface area is 124 Å². The highest BCUT2D eigenvalue weighted by molar-refractivity contribution is 9.10. The fraction of sp³-hybridized carbons (Fsp3) is 0.533. The maximum absolute atomic E-state index is 12.0. The standard InChI is InChI=1S/C15H23BrN2O/c1-4-14(5-2)18-15(19)11(3)17-10-12-7-6-8-13(16)9-12/h6-9,11,14,17H,4-5,10H2,1-3H3,(H,18,19). The zero-order chi connectivity index (χ0) is 14.3. The molecule has 0 heterocycles. The molecule has 0 bridgehead atoms. The molecule has 0 aliphatic rings. The Hall–Kier alpha value is -0.870.